The summed E-state index contributed by atoms with van der Waals surface area (Å²) in [6.07, 6.45) is 6.19. The van der Waals surface area contributed by atoms with Gasteiger partial charge in [0.25, 0.3) is 5.91 Å². The smallest absolute Gasteiger partial charge is 0.323 e. The molecule has 0 radical (unpaired) electrons. The Morgan fingerprint density at radius 2 is 2.17 bits per heavy atom. The lowest BCUT2D eigenvalue weighted by molar-refractivity contribution is -0.135. The summed E-state index contributed by atoms with van der Waals surface area (Å²) in [7, 11) is 0. The van der Waals surface area contributed by atoms with E-state index in [1.807, 2.05) is 0 Å². The molecule has 0 aromatic carbocycles. The van der Waals surface area contributed by atoms with E-state index in [2.05, 4.69) is 34.7 Å². The molecule has 3 heterocycles. The Kier molecular flexibility index (Phi) is 4.12. The lowest BCUT2D eigenvalue weighted by Gasteiger charge is -2.37. The van der Waals surface area contributed by atoms with Gasteiger partial charge in [-0.15, -0.1) is 11.3 Å². The van der Waals surface area contributed by atoms with Gasteiger partial charge in [0.05, 0.1) is 6.67 Å². The van der Waals surface area contributed by atoms with E-state index < -0.39 is 5.54 Å². The molecule has 1 N–H and O–H groups in total. The van der Waals surface area contributed by atoms with E-state index >= 15 is 0 Å². The minimum atomic E-state index is -0.645. The van der Waals surface area contributed by atoms with E-state index in [1.165, 1.54) is 9.78 Å². The Morgan fingerprint density at radius 1 is 1.29 bits per heavy atom. The van der Waals surface area contributed by atoms with Crippen LogP contribution in [0.1, 0.15) is 56.4 Å². The number of nitrogens with zero attached hydrogens (tertiary/aromatic N) is 2. The van der Waals surface area contributed by atoms with Crippen molar-refractivity contribution in [2.45, 2.75) is 57.0 Å². The van der Waals surface area contributed by atoms with E-state index in [0.29, 0.717) is 12.7 Å². The number of carbonyl (C=O) groups excluding carboxylic acids is 2. The third-order valence-electron chi connectivity index (χ3n) is 6.06. The molecular formula is C18H25N3O2S. The van der Waals surface area contributed by atoms with Crippen LogP contribution in [0.2, 0.25) is 0 Å². The Hall–Kier alpha value is -1.40. The number of hydrogen-bond acceptors (Lipinski definition) is 4. The Bertz CT molecular complexity index is 632. The highest BCUT2D eigenvalue weighted by Gasteiger charge is 2.55. The second-order valence-electron chi connectivity index (χ2n) is 7.41. The van der Waals surface area contributed by atoms with Crippen LogP contribution in [0.5, 0.6) is 0 Å². The maximum Gasteiger partial charge on any atom is 0.326 e. The highest BCUT2D eigenvalue weighted by Crippen LogP contribution is 2.40. The molecule has 0 bridgehead atoms. The highest BCUT2D eigenvalue weighted by atomic mass is 32.1. The number of hydrogen-bond donors (Lipinski definition) is 1. The van der Waals surface area contributed by atoms with Gasteiger partial charge in [0.1, 0.15) is 5.54 Å². The first kappa shape index (κ1) is 16.1. The van der Waals surface area contributed by atoms with Crippen LogP contribution < -0.4 is 5.32 Å². The average Bonchev–Trinajstić information content (AvgIpc) is 3.28. The van der Waals surface area contributed by atoms with Crippen molar-refractivity contribution in [1.29, 1.82) is 0 Å². The molecule has 4 rings (SSSR count). The van der Waals surface area contributed by atoms with Crippen LogP contribution in [-0.2, 0) is 4.79 Å². The van der Waals surface area contributed by atoms with Gasteiger partial charge < -0.3 is 5.32 Å². The van der Waals surface area contributed by atoms with Gasteiger partial charge in [-0.1, -0.05) is 25.8 Å². The zero-order valence-electron chi connectivity index (χ0n) is 14.2. The first-order valence-corrected chi connectivity index (χ1v) is 9.91. The number of nitrogens with one attached hydrogen (secondary N) is 1. The lowest BCUT2D eigenvalue weighted by atomic mass is 9.73. The fourth-order valence-corrected chi connectivity index (χ4v) is 5.50. The Labute approximate surface area is 147 Å². The van der Waals surface area contributed by atoms with Crippen LogP contribution in [0.15, 0.2) is 17.5 Å². The van der Waals surface area contributed by atoms with Gasteiger partial charge in [-0.3, -0.25) is 9.69 Å². The van der Waals surface area contributed by atoms with E-state index in [-0.39, 0.29) is 17.9 Å². The summed E-state index contributed by atoms with van der Waals surface area (Å²) in [5.74, 6) is 0.218. The minimum Gasteiger partial charge on any atom is -0.323 e. The van der Waals surface area contributed by atoms with Gasteiger partial charge in [-0.05, 0) is 43.0 Å². The van der Waals surface area contributed by atoms with Gasteiger partial charge in [0.2, 0.25) is 0 Å². The third kappa shape index (κ3) is 2.47. The summed E-state index contributed by atoms with van der Waals surface area (Å²) in [4.78, 5) is 30.7. The predicted molar refractivity (Wildman–Crippen MR) is 93.6 cm³/mol. The monoisotopic (exact) mass is 347 g/mol. The largest absolute Gasteiger partial charge is 0.326 e. The fourth-order valence-electron chi connectivity index (χ4n) is 4.60. The quantitative estimate of drug-likeness (QED) is 0.853. The summed E-state index contributed by atoms with van der Waals surface area (Å²) in [5, 5.41) is 5.15. The van der Waals surface area contributed by atoms with E-state index in [9.17, 15) is 9.59 Å². The predicted octanol–water partition coefficient (Wildman–Crippen LogP) is 3.34. The van der Waals surface area contributed by atoms with Gasteiger partial charge in [0, 0.05) is 17.5 Å². The van der Waals surface area contributed by atoms with Crippen molar-refractivity contribution in [2.24, 2.45) is 5.92 Å². The molecule has 1 aromatic heterocycles. The molecule has 130 valence electrons. The molecule has 1 spiro atoms. The molecule has 3 aliphatic rings. The molecule has 3 amide bonds. The number of carbonyl (C=O) groups is 2. The Morgan fingerprint density at radius 3 is 2.92 bits per heavy atom. The molecule has 1 aliphatic carbocycles. The molecule has 2 aliphatic heterocycles. The number of urea groups is 1. The van der Waals surface area contributed by atoms with Crippen molar-refractivity contribution < 1.29 is 9.59 Å². The van der Waals surface area contributed by atoms with Crippen molar-refractivity contribution in [3.8, 4) is 0 Å². The van der Waals surface area contributed by atoms with Crippen molar-refractivity contribution in [1.82, 2.24) is 15.1 Å². The third-order valence-corrected chi connectivity index (χ3v) is 7.03. The summed E-state index contributed by atoms with van der Waals surface area (Å²) in [6.45, 7) is 3.47. The summed E-state index contributed by atoms with van der Waals surface area (Å²) < 4.78 is 0. The van der Waals surface area contributed by atoms with Crippen molar-refractivity contribution >= 4 is 23.3 Å². The van der Waals surface area contributed by atoms with Crippen LogP contribution in [0, 0.1) is 5.92 Å². The highest BCUT2D eigenvalue weighted by molar-refractivity contribution is 7.10. The molecule has 0 unspecified atom stereocenters. The molecule has 1 saturated carbocycles. The fraction of sp³-hybridized carbons (Fsp3) is 0.667. The van der Waals surface area contributed by atoms with Crippen molar-refractivity contribution in [3.63, 3.8) is 0 Å². The lowest BCUT2D eigenvalue weighted by Crippen LogP contribution is -2.54. The minimum absolute atomic E-state index is 0.00321. The topological polar surface area (TPSA) is 52.7 Å². The van der Waals surface area contributed by atoms with Crippen molar-refractivity contribution in [2.75, 3.05) is 13.2 Å². The van der Waals surface area contributed by atoms with Gasteiger partial charge in [-0.2, -0.15) is 0 Å². The second-order valence-corrected chi connectivity index (χ2v) is 8.39. The zero-order chi connectivity index (χ0) is 16.7. The maximum atomic E-state index is 13.1. The van der Waals surface area contributed by atoms with E-state index in [4.69, 9.17) is 0 Å². The summed E-state index contributed by atoms with van der Waals surface area (Å²) >= 11 is 1.76. The molecule has 3 fully saturated rings. The summed E-state index contributed by atoms with van der Waals surface area (Å²) in [5.41, 5.74) is -0.645. The summed E-state index contributed by atoms with van der Waals surface area (Å²) in [6, 6.07) is 4.36. The number of imide groups is 1. The first-order valence-electron chi connectivity index (χ1n) is 9.03. The van der Waals surface area contributed by atoms with Gasteiger partial charge in [-0.25, -0.2) is 9.69 Å². The van der Waals surface area contributed by atoms with E-state index in [0.717, 1.165) is 45.1 Å². The SMILES string of the molecule is C[C@@H]1CCCC[C@]12NC(=O)N(CN1CCC[C@@H]1c1cccs1)C2=O. The number of rotatable bonds is 3. The van der Waals surface area contributed by atoms with Crippen LogP contribution >= 0.6 is 11.3 Å². The molecular weight excluding hydrogens is 322 g/mol. The standard InChI is InChI=1S/C18H25N3O2S/c1-13-6-2-3-9-18(13)16(22)21(17(23)19-18)12-20-10-4-7-14(20)15-8-5-11-24-15/h5,8,11,13-14H,2-4,6-7,9-10,12H2,1H3,(H,19,23)/t13-,14-,18+/m1/s1. The molecule has 3 atom stereocenters. The molecule has 24 heavy (non-hydrogen) atoms. The van der Waals surface area contributed by atoms with Crippen molar-refractivity contribution in [3.05, 3.63) is 22.4 Å². The number of likely N-dealkylation sites (tertiary alicyclic amines) is 1. The first-order chi connectivity index (χ1) is 11.6. The molecule has 2 saturated heterocycles. The molecule has 5 nitrogen and oxygen atoms in total. The second kappa shape index (κ2) is 6.15. The molecule has 6 heteroatoms. The maximum absolute atomic E-state index is 13.1. The Balaban J connectivity index is 1.52. The number of thiophene rings is 1. The van der Waals surface area contributed by atoms with Crippen LogP contribution in [-0.4, -0.2) is 40.5 Å². The zero-order valence-corrected chi connectivity index (χ0v) is 15.0. The normalized spacial score (nSPS) is 34.3. The van der Waals surface area contributed by atoms with Crippen LogP contribution in [0.25, 0.3) is 0 Å². The van der Waals surface area contributed by atoms with Crippen LogP contribution in [0.3, 0.4) is 0 Å². The molecule has 1 aromatic rings. The van der Waals surface area contributed by atoms with Gasteiger partial charge >= 0.3 is 6.03 Å². The average molecular weight is 347 g/mol. The van der Waals surface area contributed by atoms with Gasteiger partial charge in [0.15, 0.2) is 0 Å². The van der Waals surface area contributed by atoms with E-state index in [1.54, 1.807) is 11.3 Å². The van der Waals surface area contributed by atoms with Crippen LogP contribution in [0.4, 0.5) is 4.79 Å². The number of amides is 3.